The molecule has 1 aliphatic rings. The Bertz CT molecular complexity index is 571. The first-order chi connectivity index (χ1) is 9.48. The highest BCUT2D eigenvalue weighted by Gasteiger charge is 2.30. The van der Waals surface area contributed by atoms with Gasteiger partial charge in [-0.1, -0.05) is 26.0 Å². The van der Waals surface area contributed by atoms with Gasteiger partial charge in [-0.2, -0.15) is 4.31 Å². The summed E-state index contributed by atoms with van der Waals surface area (Å²) in [6.07, 6.45) is 2.76. The molecule has 0 N–H and O–H groups in total. The predicted octanol–water partition coefficient (Wildman–Crippen LogP) is 3.41. The maximum absolute atomic E-state index is 12.9. The summed E-state index contributed by atoms with van der Waals surface area (Å²) in [5, 5.41) is 0. The molecule has 1 saturated heterocycles. The molecule has 0 amide bonds. The maximum atomic E-state index is 12.9. The number of hydrogen-bond acceptors (Lipinski definition) is 2. The first kappa shape index (κ1) is 15.8. The normalized spacial score (nSPS) is 21.1. The molecule has 20 heavy (non-hydrogen) atoms. The highest BCUT2D eigenvalue weighted by atomic mass is 35.5. The van der Waals surface area contributed by atoms with Crippen molar-refractivity contribution in [2.75, 3.05) is 13.1 Å². The second-order valence-electron chi connectivity index (χ2n) is 5.54. The maximum Gasteiger partial charge on any atom is 0.243 e. The van der Waals surface area contributed by atoms with Gasteiger partial charge in [-0.05, 0) is 42.4 Å². The molecular formula is C15H22ClNO2S. The van der Waals surface area contributed by atoms with Crippen LogP contribution in [0.3, 0.4) is 0 Å². The van der Waals surface area contributed by atoms with E-state index in [0.717, 1.165) is 24.0 Å². The van der Waals surface area contributed by atoms with Gasteiger partial charge in [0.1, 0.15) is 0 Å². The molecule has 2 rings (SSSR count). The van der Waals surface area contributed by atoms with Crippen molar-refractivity contribution in [1.82, 2.24) is 4.31 Å². The Morgan fingerprint density at radius 1 is 1.40 bits per heavy atom. The van der Waals surface area contributed by atoms with Crippen LogP contribution < -0.4 is 0 Å². The van der Waals surface area contributed by atoms with Gasteiger partial charge >= 0.3 is 0 Å². The summed E-state index contributed by atoms with van der Waals surface area (Å²) in [5.74, 6) is 0.767. The van der Waals surface area contributed by atoms with Gasteiger partial charge < -0.3 is 0 Å². The number of rotatable bonds is 4. The van der Waals surface area contributed by atoms with E-state index in [1.807, 2.05) is 19.1 Å². The molecule has 1 fully saturated rings. The zero-order chi connectivity index (χ0) is 14.8. The molecule has 0 aliphatic carbocycles. The molecule has 3 nitrogen and oxygen atoms in total. The molecule has 112 valence electrons. The van der Waals surface area contributed by atoms with Crippen LogP contribution >= 0.6 is 11.6 Å². The van der Waals surface area contributed by atoms with Crippen molar-refractivity contribution in [1.29, 1.82) is 0 Å². The second kappa shape index (κ2) is 6.46. The lowest BCUT2D eigenvalue weighted by atomic mass is 10.0. The zero-order valence-electron chi connectivity index (χ0n) is 12.1. The van der Waals surface area contributed by atoms with E-state index in [1.165, 1.54) is 0 Å². The van der Waals surface area contributed by atoms with Crippen LogP contribution in [0.5, 0.6) is 0 Å². The number of piperidine rings is 1. The van der Waals surface area contributed by atoms with E-state index in [2.05, 4.69) is 6.92 Å². The number of alkyl halides is 1. The molecule has 0 bridgehead atoms. The fourth-order valence-electron chi connectivity index (χ4n) is 2.72. The number of aryl methyl sites for hydroxylation is 1. The van der Waals surface area contributed by atoms with Crippen molar-refractivity contribution in [3.05, 3.63) is 29.3 Å². The minimum Gasteiger partial charge on any atom is -0.207 e. The van der Waals surface area contributed by atoms with Crippen LogP contribution in [0.25, 0.3) is 0 Å². The zero-order valence-corrected chi connectivity index (χ0v) is 13.7. The van der Waals surface area contributed by atoms with Crippen LogP contribution in [-0.2, 0) is 22.3 Å². The average molecular weight is 316 g/mol. The van der Waals surface area contributed by atoms with E-state index in [0.29, 0.717) is 36.2 Å². The van der Waals surface area contributed by atoms with E-state index in [4.69, 9.17) is 11.6 Å². The van der Waals surface area contributed by atoms with Gasteiger partial charge in [-0.15, -0.1) is 11.6 Å². The number of nitrogens with zero attached hydrogens (tertiary/aromatic N) is 1. The van der Waals surface area contributed by atoms with E-state index in [1.54, 1.807) is 10.4 Å². The SMILES string of the molecule is CCc1ccc(CCl)cc1S(=O)(=O)N1CCCC(C)C1. The molecular weight excluding hydrogens is 294 g/mol. The van der Waals surface area contributed by atoms with Crippen molar-refractivity contribution in [3.8, 4) is 0 Å². The minimum atomic E-state index is -3.40. The molecule has 0 radical (unpaired) electrons. The van der Waals surface area contributed by atoms with Crippen molar-refractivity contribution in [2.24, 2.45) is 5.92 Å². The van der Waals surface area contributed by atoms with Crippen LogP contribution in [-0.4, -0.2) is 25.8 Å². The average Bonchev–Trinajstić information content (AvgIpc) is 2.46. The molecule has 0 aromatic heterocycles. The van der Waals surface area contributed by atoms with Gasteiger partial charge in [0.05, 0.1) is 4.90 Å². The highest BCUT2D eigenvalue weighted by Crippen LogP contribution is 2.27. The molecule has 1 aliphatic heterocycles. The van der Waals surface area contributed by atoms with Crippen LogP contribution in [0.1, 0.15) is 37.8 Å². The summed E-state index contributed by atoms with van der Waals surface area (Å²) in [6, 6.07) is 5.53. The Kier molecular flexibility index (Phi) is 5.10. The number of hydrogen-bond donors (Lipinski definition) is 0. The first-order valence-electron chi connectivity index (χ1n) is 7.17. The quantitative estimate of drug-likeness (QED) is 0.798. The lowest BCUT2D eigenvalue weighted by Gasteiger charge is -2.30. The summed E-state index contributed by atoms with van der Waals surface area (Å²) in [5.41, 5.74) is 1.73. The number of halogens is 1. The number of sulfonamides is 1. The smallest absolute Gasteiger partial charge is 0.207 e. The first-order valence-corrected chi connectivity index (χ1v) is 9.14. The Morgan fingerprint density at radius 3 is 2.75 bits per heavy atom. The molecule has 0 saturated carbocycles. The summed E-state index contributed by atoms with van der Waals surface area (Å²) < 4.78 is 27.4. The summed E-state index contributed by atoms with van der Waals surface area (Å²) >= 11 is 5.85. The Balaban J connectivity index is 2.42. The third kappa shape index (κ3) is 3.18. The van der Waals surface area contributed by atoms with Gasteiger partial charge in [-0.3, -0.25) is 0 Å². The minimum absolute atomic E-state index is 0.336. The fraction of sp³-hybridized carbons (Fsp3) is 0.600. The third-order valence-corrected chi connectivity index (χ3v) is 6.16. The second-order valence-corrected chi connectivity index (χ2v) is 7.71. The van der Waals surface area contributed by atoms with Gasteiger partial charge in [0.25, 0.3) is 0 Å². The molecule has 1 heterocycles. The van der Waals surface area contributed by atoms with Gasteiger partial charge in [0.15, 0.2) is 0 Å². The van der Waals surface area contributed by atoms with Crippen LogP contribution in [0, 0.1) is 5.92 Å². The van der Waals surface area contributed by atoms with Crippen molar-refractivity contribution in [3.63, 3.8) is 0 Å². The molecule has 5 heteroatoms. The fourth-order valence-corrected chi connectivity index (χ4v) is 4.83. The Hall–Kier alpha value is -0.580. The van der Waals surface area contributed by atoms with E-state index < -0.39 is 10.0 Å². The Morgan fingerprint density at radius 2 is 2.15 bits per heavy atom. The Labute approximate surface area is 127 Å². The topological polar surface area (TPSA) is 37.4 Å². The van der Waals surface area contributed by atoms with Gasteiger partial charge in [0, 0.05) is 19.0 Å². The molecule has 1 aromatic rings. The van der Waals surface area contributed by atoms with E-state index in [9.17, 15) is 8.42 Å². The molecule has 1 aromatic carbocycles. The molecule has 1 atom stereocenters. The predicted molar refractivity (Wildman–Crippen MR) is 82.5 cm³/mol. The molecule has 1 unspecified atom stereocenters. The lowest BCUT2D eigenvalue weighted by molar-refractivity contribution is 0.281. The van der Waals surface area contributed by atoms with Crippen LogP contribution in [0.4, 0.5) is 0 Å². The summed E-state index contributed by atoms with van der Waals surface area (Å²) in [7, 11) is -3.40. The van der Waals surface area contributed by atoms with Crippen molar-refractivity contribution in [2.45, 2.75) is 43.9 Å². The largest absolute Gasteiger partial charge is 0.243 e. The van der Waals surface area contributed by atoms with E-state index >= 15 is 0 Å². The summed E-state index contributed by atoms with van der Waals surface area (Å²) in [6.45, 7) is 5.34. The van der Waals surface area contributed by atoms with Gasteiger partial charge in [-0.25, -0.2) is 8.42 Å². The van der Waals surface area contributed by atoms with Gasteiger partial charge in [0.2, 0.25) is 10.0 Å². The van der Waals surface area contributed by atoms with E-state index in [-0.39, 0.29) is 0 Å². The molecule has 0 spiro atoms. The standard InChI is InChI=1S/C15H22ClNO2S/c1-3-14-7-6-13(10-16)9-15(14)20(18,19)17-8-4-5-12(2)11-17/h6-7,9,12H,3-5,8,10-11H2,1-2H3. The van der Waals surface area contributed by atoms with Crippen LogP contribution in [0.2, 0.25) is 0 Å². The van der Waals surface area contributed by atoms with Crippen LogP contribution in [0.15, 0.2) is 23.1 Å². The monoisotopic (exact) mass is 315 g/mol. The highest BCUT2D eigenvalue weighted by molar-refractivity contribution is 7.89. The van der Waals surface area contributed by atoms with Crippen molar-refractivity contribution >= 4 is 21.6 Å². The van der Waals surface area contributed by atoms with Crippen molar-refractivity contribution < 1.29 is 8.42 Å². The summed E-state index contributed by atoms with van der Waals surface area (Å²) in [4.78, 5) is 0.437. The number of benzene rings is 1. The third-order valence-electron chi connectivity index (χ3n) is 3.90. The lowest BCUT2D eigenvalue weighted by Crippen LogP contribution is -2.39.